The number of hydrogen-bond acceptors (Lipinski definition) is 8. The van der Waals surface area contributed by atoms with Gasteiger partial charge in [0, 0.05) is 17.5 Å². The van der Waals surface area contributed by atoms with Gasteiger partial charge in [-0.25, -0.2) is 4.79 Å². The van der Waals surface area contributed by atoms with Gasteiger partial charge in [-0.1, -0.05) is 11.6 Å². The fourth-order valence-electron chi connectivity index (χ4n) is 3.08. The van der Waals surface area contributed by atoms with Crippen LogP contribution in [0.1, 0.15) is 47.7 Å². The van der Waals surface area contributed by atoms with E-state index in [1.165, 1.54) is 30.5 Å². The molecule has 10 nitrogen and oxygen atoms in total. The summed E-state index contributed by atoms with van der Waals surface area (Å²) in [4.78, 5) is 37.8. The van der Waals surface area contributed by atoms with Gasteiger partial charge < -0.3 is 9.25 Å². The topological polar surface area (TPSA) is 138 Å². The van der Waals surface area contributed by atoms with Crippen LogP contribution < -0.4 is 0 Å². The predicted octanol–water partition coefficient (Wildman–Crippen LogP) is 3.97. The maximum Gasteiger partial charge on any atom is 0.400 e. The highest BCUT2D eigenvalue weighted by Crippen LogP contribution is 2.37. The van der Waals surface area contributed by atoms with Crippen molar-refractivity contribution in [2.45, 2.75) is 31.6 Å². The summed E-state index contributed by atoms with van der Waals surface area (Å²) < 4.78 is 4.94. The van der Waals surface area contributed by atoms with Crippen LogP contribution in [0.2, 0.25) is 0 Å². The number of non-ortho nitro benzene ring substituents is 1. The summed E-state index contributed by atoms with van der Waals surface area (Å²) in [7, 11) is 0. The number of nitrogens with zero attached hydrogens (tertiary/aromatic N) is 3. The van der Waals surface area contributed by atoms with Crippen molar-refractivity contribution in [1.29, 1.82) is 0 Å². The van der Waals surface area contributed by atoms with Gasteiger partial charge in [0.2, 0.25) is 5.76 Å². The zero-order valence-corrected chi connectivity index (χ0v) is 14.1. The second-order valence-electron chi connectivity index (χ2n) is 5.99. The van der Waals surface area contributed by atoms with Crippen molar-refractivity contribution in [2.75, 3.05) is 0 Å². The molecule has 0 spiro atoms. The Balaban J connectivity index is 1.91. The number of furan rings is 1. The Kier molecular flexibility index (Phi) is 5.25. The molecule has 1 aliphatic carbocycles. The number of hydrogen-bond donors (Lipinski definition) is 0. The van der Waals surface area contributed by atoms with Crippen LogP contribution in [-0.2, 0) is 4.84 Å². The van der Waals surface area contributed by atoms with Crippen LogP contribution in [0.15, 0.2) is 46.2 Å². The number of benzene rings is 1. The number of carbonyl (C=O) groups is 1. The molecule has 0 bridgehead atoms. The van der Waals surface area contributed by atoms with Gasteiger partial charge in [-0.15, -0.1) is 0 Å². The van der Waals surface area contributed by atoms with E-state index in [1.54, 1.807) is 0 Å². The monoisotopic (exact) mass is 373 g/mol. The van der Waals surface area contributed by atoms with Crippen molar-refractivity contribution in [3.05, 3.63) is 68.1 Å². The highest BCUT2D eigenvalue weighted by molar-refractivity contribution is 5.93. The van der Waals surface area contributed by atoms with Gasteiger partial charge >= 0.3 is 5.97 Å². The molecule has 0 aliphatic heterocycles. The zero-order valence-electron chi connectivity index (χ0n) is 14.1. The fourth-order valence-corrected chi connectivity index (χ4v) is 3.08. The Morgan fingerprint density at radius 3 is 2.67 bits per heavy atom. The molecule has 1 aliphatic rings. The van der Waals surface area contributed by atoms with E-state index in [0.717, 1.165) is 18.9 Å². The van der Waals surface area contributed by atoms with Crippen molar-refractivity contribution in [1.82, 2.24) is 0 Å². The Morgan fingerprint density at radius 2 is 2.00 bits per heavy atom. The zero-order chi connectivity index (χ0) is 19.4. The lowest BCUT2D eigenvalue weighted by atomic mass is 9.81. The summed E-state index contributed by atoms with van der Waals surface area (Å²) in [6, 6.07) is 6.51. The van der Waals surface area contributed by atoms with Crippen LogP contribution in [0.3, 0.4) is 0 Å². The minimum atomic E-state index is -0.768. The molecule has 3 rings (SSSR count). The number of rotatable bonds is 5. The molecule has 0 saturated heterocycles. The van der Waals surface area contributed by atoms with Gasteiger partial charge in [0.25, 0.3) is 11.4 Å². The first-order valence-electron chi connectivity index (χ1n) is 8.21. The summed E-state index contributed by atoms with van der Waals surface area (Å²) in [6.07, 6.45) is 4.01. The first kappa shape index (κ1) is 18.2. The van der Waals surface area contributed by atoms with Gasteiger partial charge in [-0.2, -0.15) is 0 Å². The Labute approximate surface area is 152 Å². The van der Waals surface area contributed by atoms with E-state index in [0.29, 0.717) is 24.1 Å². The summed E-state index contributed by atoms with van der Waals surface area (Å²) in [6.45, 7) is 0. The largest absolute Gasteiger partial charge is 0.457 e. The second-order valence-corrected chi connectivity index (χ2v) is 5.99. The molecule has 1 aromatic heterocycles. The first-order valence-corrected chi connectivity index (χ1v) is 8.21. The summed E-state index contributed by atoms with van der Waals surface area (Å²) in [5, 5.41) is 26.2. The van der Waals surface area contributed by atoms with E-state index in [-0.39, 0.29) is 17.1 Å². The van der Waals surface area contributed by atoms with E-state index in [2.05, 4.69) is 5.16 Å². The fraction of sp³-hybridized carbons (Fsp3) is 0.294. The van der Waals surface area contributed by atoms with Crippen molar-refractivity contribution < 1.29 is 23.9 Å². The lowest BCUT2D eigenvalue weighted by Crippen LogP contribution is -2.20. The average Bonchev–Trinajstić information content (AvgIpc) is 3.20. The molecule has 1 heterocycles. The van der Waals surface area contributed by atoms with Crippen LogP contribution in [0.4, 0.5) is 11.4 Å². The maximum absolute atomic E-state index is 11.9. The van der Waals surface area contributed by atoms with E-state index in [4.69, 9.17) is 9.25 Å². The van der Waals surface area contributed by atoms with Gasteiger partial charge in [0.15, 0.2) is 0 Å². The molecule has 1 unspecified atom stereocenters. The molecular formula is C17H15N3O7. The van der Waals surface area contributed by atoms with Crippen LogP contribution in [0.5, 0.6) is 0 Å². The van der Waals surface area contributed by atoms with Crippen LogP contribution >= 0.6 is 0 Å². The molecular weight excluding hydrogens is 358 g/mol. The van der Waals surface area contributed by atoms with Gasteiger partial charge in [-0.05, 0) is 37.5 Å². The lowest BCUT2D eigenvalue weighted by Gasteiger charge is -2.23. The summed E-state index contributed by atoms with van der Waals surface area (Å²) >= 11 is 0. The molecule has 2 aromatic rings. The molecule has 1 aromatic carbocycles. The predicted molar refractivity (Wildman–Crippen MR) is 92.5 cm³/mol. The molecule has 0 radical (unpaired) electrons. The average molecular weight is 373 g/mol. The highest BCUT2D eigenvalue weighted by atomic mass is 16.7. The summed E-state index contributed by atoms with van der Waals surface area (Å²) in [5.41, 5.74) is 0.0985. The van der Waals surface area contributed by atoms with Gasteiger partial charge in [-0.3, -0.25) is 20.2 Å². The third-order valence-corrected chi connectivity index (χ3v) is 4.34. The molecule has 27 heavy (non-hydrogen) atoms. The Hall–Kier alpha value is -3.56. The number of carbonyl (C=O) groups excluding carboxylic acids is 1. The highest BCUT2D eigenvalue weighted by Gasteiger charge is 2.31. The molecule has 1 fully saturated rings. The normalized spacial score (nSPS) is 18.2. The minimum absolute atomic E-state index is 0.00646. The third kappa shape index (κ3) is 4.00. The minimum Gasteiger partial charge on any atom is -0.457 e. The molecule has 0 N–H and O–H groups in total. The van der Waals surface area contributed by atoms with Crippen molar-refractivity contribution >= 4 is 23.1 Å². The van der Waals surface area contributed by atoms with Crippen molar-refractivity contribution in [3.63, 3.8) is 0 Å². The summed E-state index contributed by atoms with van der Waals surface area (Å²) in [5.74, 6) is -1.23. The van der Waals surface area contributed by atoms with Gasteiger partial charge in [0.05, 0.1) is 27.9 Å². The van der Waals surface area contributed by atoms with E-state index >= 15 is 0 Å². The van der Waals surface area contributed by atoms with Crippen molar-refractivity contribution in [3.8, 4) is 0 Å². The first-order chi connectivity index (χ1) is 13.0. The Morgan fingerprint density at radius 1 is 1.19 bits per heavy atom. The van der Waals surface area contributed by atoms with E-state index in [1.807, 2.05) is 0 Å². The maximum atomic E-state index is 11.9. The van der Waals surface area contributed by atoms with Crippen molar-refractivity contribution in [2.24, 2.45) is 5.16 Å². The Bertz CT molecular complexity index is 905. The van der Waals surface area contributed by atoms with Crippen LogP contribution in [0, 0.1) is 20.2 Å². The molecule has 140 valence electrons. The standard InChI is InChI=1S/C17H15N3O7/c21-17(16-6-3-9-26-16)27-18-14-5-2-1-4-12(14)13-8-7-11(19(22)23)10-15(13)20(24)25/h3,6-10,12H,1-2,4-5H2/b18-14+. The van der Waals surface area contributed by atoms with E-state index in [9.17, 15) is 25.0 Å². The van der Waals surface area contributed by atoms with Crippen LogP contribution in [-0.4, -0.2) is 21.5 Å². The lowest BCUT2D eigenvalue weighted by molar-refractivity contribution is -0.394. The number of nitro benzene ring substituents is 2. The molecule has 10 heteroatoms. The number of nitro groups is 2. The smallest absolute Gasteiger partial charge is 0.400 e. The second kappa shape index (κ2) is 7.77. The molecule has 1 atom stereocenters. The van der Waals surface area contributed by atoms with E-state index < -0.39 is 21.7 Å². The SMILES string of the molecule is O=C(O/N=C1\CCCCC1c1ccc([N+](=O)[O-])cc1[N+](=O)[O-])c1ccco1. The van der Waals surface area contributed by atoms with Crippen LogP contribution in [0.25, 0.3) is 0 Å². The third-order valence-electron chi connectivity index (χ3n) is 4.34. The van der Waals surface area contributed by atoms with Gasteiger partial charge in [0.1, 0.15) is 0 Å². The molecule has 1 saturated carbocycles. The molecule has 0 amide bonds. The quantitative estimate of drug-likeness (QED) is 0.439. The number of oxime groups is 1.